The van der Waals surface area contributed by atoms with Crippen LogP contribution in [0.4, 0.5) is 4.39 Å². The van der Waals surface area contributed by atoms with Crippen LogP contribution in [0.25, 0.3) is 0 Å². The van der Waals surface area contributed by atoms with Crippen LogP contribution >= 0.6 is 0 Å². The molecule has 0 N–H and O–H groups in total. The van der Waals surface area contributed by atoms with E-state index in [1.54, 1.807) is 47.4 Å². The zero-order valence-electron chi connectivity index (χ0n) is 13.8. The second kappa shape index (κ2) is 7.80. The quantitative estimate of drug-likeness (QED) is 0.855. The molecular weight excluding hydrogens is 319 g/mol. The highest BCUT2D eigenvalue weighted by molar-refractivity contribution is 5.94. The summed E-state index contributed by atoms with van der Waals surface area (Å²) in [6.07, 6.45) is 1.85. The average molecular weight is 338 g/mol. The van der Waals surface area contributed by atoms with Crippen molar-refractivity contribution in [2.45, 2.75) is 12.8 Å². The van der Waals surface area contributed by atoms with Gasteiger partial charge in [0.25, 0.3) is 5.91 Å². The normalized spacial score (nSPS) is 17.0. The highest BCUT2D eigenvalue weighted by atomic mass is 19.1. The molecule has 128 valence electrons. The molecule has 2 aromatic rings. The van der Waals surface area contributed by atoms with Crippen molar-refractivity contribution in [3.63, 3.8) is 0 Å². The summed E-state index contributed by atoms with van der Waals surface area (Å²) in [5.41, 5.74) is 1.11. The smallest absolute Gasteiger partial charge is 0.253 e. The summed E-state index contributed by atoms with van der Waals surface area (Å²) in [5.74, 6) is 0.0117. The first-order valence-electron chi connectivity index (χ1n) is 8.34. The summed E-state index contributed by atoms with van der Waals surface area (Å²) in [6, 6.07) is 15.0. The summed E-state index contributed by atoms with van der Waals surface area (Å²) in [4.78, 5) is 14.4. The molecule has 3 rings (SSSR count). The van der Waals surface area contributed by atoms with Gasteiger partial charge in [-0.05, 0) is 49.2 Å². The number of halogens is 1. The first-order chi connectivity index (χ1) is 12.2. The third-order valence-corrected chi connectivity index (χ3v) is 4.38. The summed E-state index contributed by atoms with van der Waals surface area (Å²) >= 11 is 0. The molecule has 2 aromatic carbocycles. The standard InChI is InChI=1S/C20H19FN2O2/c21-18-5-1-2-6-19(18)25-14-16-4-3-11-23(13-16)20(24)17-9-7-15(12-22)8-10-17/h1-2,5-10,16H,3-4,11,13-14H2/t16-/m1/s1. The van der Waals surface area contributed by atoms with Gasteiger partial charge < -0.3 is 9.64 Å². The molecule has 1 amide bonds. The molecule has 1 heterocycles. The maximum absolute atomic E-state index is 13.6. The highest BCUT2D eigenvalue weighted by Crippen LogP contribution is 2.22. The number of hydrogen-bond donors (Lipinski definition) is 0. The van der Waals surface area contributed by atoms with E-state index in [1.807, 2.05) is 6.07 Å². The predicted molar refractivity (Wildman–Crippen MR) is 91.7 cm³/mol. The molecule has 25 heavy (non-hydrogen) atoms. The van der Waals surface area contributed by atoms with Crippen LogP contribution in [0.15, 0.2) is 48.5 Å². The van der Waals surface area contributed by atoms with Crippen molar-refractivity contribution in [1.82, 2.24) is 4.90 Å². The summed E-state index contributed by atoms with van der Waals surface area (Å²) in [7, 11) is 0. The van der Waals surface area contributed by atoms with Crippen LogP contribution in [0.3, 0.4) is 0 Å². The number of nitriles is 1. The van der Waals surface area contributed by atoms with Gasteiger partial charge >= 0.3 is 0 Å². The van der Waals surface area contributed by atoms with Gasteiger partial charge in [-0.25, -0.2) is 4.39 Å². The van der Waals surface area contributed by atoms with E-state index in [4.69, 9.17) is 10.00 Å². The van der Waals surface area contributed by atoms with Gasteiger partial charge in [-0.15, -0.1) is 0 Å². The van der Waals surface area contributed by atoms with Gasteiger partial charge in [0.15, 0.2) is 11.6 Å². The summed E-state index contributed by atoms with van der Waals surface area (Å²) in [6.45, 7) is 1.68. The lowest BCUT2D eigenvalue weighted by molar-refractivity contribution is 0.0631. The van der Waals surface area contributed by atoms with E-state index in [0.29, 0.717) is 30.8 Å². The molecule has 1 atom stereocenters. The summed E-state index contributed by atoms with van der Waals surface area (Å²) < 4.78 is 19.2. The number of piperidine rings is 1. The van der Waals surface area contributed by atoms with Gasteiger partial charge in [-0.3, -0.25) is 4.79 Å². The van der Waals surface area contributed by atoms with Crippen LogP contribution in [-0.4, -0.2) is 30.5 Å². The van der Waals surface area contributed by atoms with Crippen LogP contribution in [0.2, 0.25) is 0 Å². The molecule has 0 unspecified atom stereocenters. The number of ether oxygens (including phenoxy) is 1. The third kappa shape index (κ3) is 4.16. The monoisotopic (exact) mass is 338 g/mol. The average Bonchev–Trinajstić information content (AvgIpc) is 2.67. The largest absolute Gasteiger partial charge is 0.490 e. The van der Waals surface area contributed by atoms with Gasteiger partial charge in [0, 0.05) is 24.6 Å². The molecule has 0 spiro atoms. The van der Waals surface area contributed by atoms with Crippen molar-refractivity contribution in [2.75, 3.05) is 19.7 Å². The van der Waals surface area contributed by atoms with Crippen LogP contribution < -0.4 is 4.74 Å². The Morgan fingerprint density at radius 1 is 1.24 bits per heavy atom. The minimum Gasteiger partial charge on any atom is -0.490 e. The number of benzene rings is 2. The van der Waals surface area contributed by atoms with Crippen molar-refractivity contribution in [1.29, 1.82) is 5.26 Å². The van der Waals surface area contributed by atoms with Crippen molar-refractivity contribution in [3.05, 3.63) is 65.5 Å². The Bertz CT molecular complexity index is 783. The fourth-order valence-corrected chi connectivity index (χ4v) is 3.02. The molecule has 1 aliphatic heterocycles. The fourth-order valence-electron chi connectivity index (χ4n) is 3.02. The molecule has 1 aliphatic rings. The number of likely N-dealkylation sites (tertiary alicyclic amines) is 1. The van der Waals surface area contributed by atoms with E-state index in [2.05, 4.69) is 0 Å². The maximum Gasteiger partial charge on any atom is 0.253 e. The first-order valence-corrected chi connectivity index (χ1v) is 8.34. The molecule has 1 saturated heterocycles. The highest BCUT2D eigenvalue weighted by Gasteiger charge is 2.25. The van der Waals surface area contributed by atoms with E-state index in [0.717, 1.165) is 12.8 Å². The van der Waals surface area contributed by atoms with Gasteiger partial charge in [-0.2, -0.15) is 5.26 Å². The molecular formula is C20H19FN2O2. The zero-order valence-corrected chi connectivity index (χ0v) is 13.8. The molecule has 0 aromatic heterocycles. The van der Waals surface area contributed by atoms with E-state index in [9.17, 15) is 9.18 Å². The zero-order chi connectivity index (χ0) is 17.6. The Morgan fingerprint density at radius 2 is 2.00 bits per heavy atom. The van der Waals surface area contributed by atoms with E-state index < -0.39 is 0 Å². The van der Waals surface area contributed by atoms with Crippen molar-refractivity contribution in [3.8, 4) is 11.8 Å². The number of nitrogens with zero attached hydrogens (tertiary/aromatic N) is 2. The Kier molecular flexibility index (Phi) is 5.30. The van der Waals surface area contributed by atoms with E-state index >= 15 is 0 Å². The van der Waals surface area contributed by atoms with E-state index in [1.165, 1.54) is 6.07 Å². The molecule has 5 heteroatoms. The Hall–Kier alpha value is -2.87. The molecule has 0 saturated carbocycles. The van der Waals surface area contributed by atoms with Gasteiger partial charge in [0.1, 0.15) is 0 Å². The minimum atomic E-state index is -0.371. The van der Waals surface area contributed by atoms with Gasteiger partial charge in [0.05, 0.1) is 18.2 Å². The second-order valence-electron chi connectivity index (χ2n) is 6.19. The van der Waals surface area contributed by atoms with Crippen molar-refractivity contribution >= 4 is 5.91 Å². The molecule has 0 aliphatic carbocycles. The molecule has 1 fully saturated rings. The first kappa shape index (κ1) is 17.0. The number of hydrogen-bond acceptors (Lipinski definition) is 3. The number of carbonyl (C=O) groups is 1. The topological polar surface area (TPSA) is 53.3 Å². The molecule has 0 radical (unpaired) electrons. The fraction of sp³-hybridized carbons (Fsp3) is 0.300. The van der Waals surface area contributed by atoms with Crippen LogP contribution in [0.1, 0.15) is 28.8 Å². The molecule has 4 nitrogen and oxygen atoms in total. The number of amides is 1. The van der Waals surface area contributed by atoms with Crippen LogP contribution in [-0.2, 0) is 0 Å². The van der Waals surface area contributed by atoms with Gasteiger partial charge in [0.2, 0.25) is 0 Å². The third-order valence-electron chi connectivity index (χ3n) is 4.38. The SMILES string of the molecule is N#Cc1ccc(C(=O)N2CCC[C@@H](COc3ccccc3F)C2)cc1. The second-order valence-corrected chi connectivity index (χ2v) is 6.19. The lowest BCUT2D eigenvalue weighted by Crippen LogP contribution is -2.41. The number of para-hydroxylation sites is 1. The molecule has 0 bridgehead atoms. The number of rotatable bonds is 4. The van der Waals surface area contributed by atoms with Crippen molar-refractivity contribution in [2.24, 2.45) is 5.92 Å². The van der Waals surface area contributed by atoms with Crippen LogP contribution in [0.5, 0.6) is 5.75 Å². The Morgan fingerprint density at radius 3 is 2.72 bits per heavy atom. The Labute approximate surface area is 146 Å². The minimum absolute atomic E-state index is 0.0416. The Balaban J connectivity index is 1.59. The predicted octanol–water partition coefficient (Wildman–Crippen LogP) is 3.63. The van der Waals surface area contributed by atoms with E-state index in [-0.39, 0.29) is 23.4 Å². The summed E-state index contributed by atoms with van der Waals surface area (Å²) in [5, 5.41) is 8.84. The number of carbonyl (C=O) groups excluding carboxylic acids is 1. The van der Waals surface area contributed by atoms with Crippen LogP contribution in [0, 0.1) is 23.1 Å². The maximum atomic E-state index is 13.6. The lowest BCUT2D eigenvalue weighted by atomic mass is 9.98. The lowest BCUT2D eigenvalue weighted by Gasteiger charge is -2.32. The van der Waals surface area contributed by atoms with Gasteiger partial charge in [-0.1, -0.05) is 12.1 Å². The van der Waals surface area contributed by atoms with Crippen molar-refractivity contribution < 1.29 is 13.9 Å².